The second kappa shape index (κ2) is 8.69. The fraction of sp³-hybridized carbons (Fsp3) is 0.0870. The number of rotatable bonds is 6. The minimum atomic E-state index is -1.10. The monoisotopic (exact) mass is 435 g/mol. The fourth-order valence-corrected chi connectivity index (χ4v) is 4.38. The van der Waals surface area contributed by atoms with E-state index in [1.54, 1.807) is 6.08 Å². The maximum atomic E-state index is 12.5. The van der Waals surface area contributed by atoms with Crippen molar-refractivity contribution in [3.8, 4) is 5.75 Å². The van der Waals surface area contributed by atoms with Crippen molar-refractivity contribution in [2.45, 2.75) is 6.61 Å². The van der Waals surface area contributed by atoms with Gasteiger partial charge in [-0.2, -0.15) is 0 Å². The average Bonchev–Trinajstić information content (AvgIpc) is 3.00. The summed E-state index contributed by atoms with van der Waals surface area (Å²) in [4.78, 5) is 24.9. The third-order valence-electron chi connectivity index (χ3n) is 4.58. The Labute approximate surface area is 183 Å². The van der Waals surface area contributed by atoms with Crippen LogP contribution >= 0.6 is 24.0 Å². The molecule has 7 heteroatoms. The summed E-state index contributed by atoms with van der Waals surface area (Å²) >= 11 is 6.24. The number of benzene rings is 3. The van der Waals surface area contributed by atoms with Gasteiger partial charge in [0.2, 0.25) is 0 Å². The molecule has 5 nitrogen and oxygen atoms in total. The molecule has 0 spiro atoms. The molecule has 30 heavy (non-hydrogen) atoms. The Hall–Kier alpha value is -3.16. The zero-order chi connectivity index (χ0) is 21.1. The van der Waals surface area contributed by atoms with Crippen LogP contribution in [0.2, 0.25) is 0 Å². The number of aliphatic carboxylic acids is 1. The van der Waals surface area contributed by atoms with Crippen molar-refractivity contribution in [1.82, 2.24) is 4.90 Å². The molecule has 150 valence electrons. The zero-order valence-electron chi connectivity index (χ0n) is 15.8. The molecule has 0 unspecified atom stereocenters. The predicted molar refractivity (Wildman–Crippen MR) is 122 cm³/mol. The Morgan fingerprint density at radius 1 is 1.07 bits per heavy atom. The second-order valence-electron chi connectivity index (χ2n) is 6.67. The van der Waals surface area contributed by atoms with Gasteiger partial charge in [0.25, 0.3) is 5.91 Å². The molecule has 1 heterocycles. The normalized spacial score (nSPS) is 15.2. The third-order valence-corrected chi connectivity index (χ3v) is 5.96. The van der Waals surface area contributed by atoms with E-state index in [4.69, 9.17) is 22.1 Å². The summed E-state index contributed by atoms with van der Waals surface area (Å²) in [6, 6.07) is 21.7. The van der Waals surface area contributed by atoms with Crippen LogP contribution in [-0.4, -0.2) is 32.7 Å². The SMILES string of the molecule is O=C(O)CN1C(=O)C(=Cc2ccccc2OCc2ccc3ccccc3c2)SC1=S. The van der Waals surface area contributed by atoms with Crippen LogP contribution in [-0.2, 0) is 16.2 Å². The lowest BCUT2D eigenvalue weighted by molar-refractivity contribution is -0.140. The molecule has 3 aromatic rings. The number of carbonyl (C=O) groups is 2. The first-order chi connectivity index (χ1) is 14.5. The van der Waals surface area contributed by atoms with Crippen molar-refractivity contribution in [3.05, 3.63) is 82.8 Å². The summed E-state index contributed by atoms with van der Waals surface area (Å²) in [7, 11) is 0. The van der Waals surface area contributed by atoms with E-state index in [0.717, 1.165) is 33.2 Å². The van der Waals surface area contributed by atoms with Gasteiger partial charge in [0, 0.05) is 5.56 Å². The highest BCUT2D eigenvalue weighted by Gasteiger charge is 2.33. The first kappa shape index (κ1) is 20.1. The van der Waals surface area contributed by atoms with Crippen LogP contribution in [0, 0.1) is 0 Å². The lowest BCUT2D eigenvalue weighted by Crippen LogP contribution is -2.33. The van der Waals surface area contributed by atoms with Crippen LogP contribution in [0.15, 0.2) is 71.6 Å². The van der Waals surface area contributed by atoms with E-state index in [1.807, 2.05) is 42.5 Å². The van der Waals surface area contributed by atoms with Crippen molar-refractivity contribution in [2.24, 2.45) is 0 Å². The van der Waals surface area contributed by atoms with Crippen LogP contribution in [0.25, 0.3) is 16.8 Å². The largest absolute Gasteiger partial charge is 0.488 e. The smallest absolute Gasteiger partial charge is 0.323 e. The van der Waals surface area contributed by atoms with E-state index in [0.29, 0.717) is 17.3 Å². The van der Waals surface area contributed by atoms with Crippen LogP contribution in [0.5, 0.6) is 5.75 Å². The first-order valence-corrected chi connectivity index (χ1v) is 10.4. The topological polar surface area (TPSA) is 66.8 Å². The van der Waals surface area contributed by atoms with Gasteiger partial charge in [-0.1, -0.05) is 78.6 Å². The van der Waals surface area contributed by atoms with Crippen LogP contribution in [0.4, 0.5) is 0 Å². The number of thiocarbonyl (C=S) groups is 1. The van der Waals surface area contributed by atoms with E-state index in [-0.39, 0.29) is 4.32 Å². The van der Waals surface area contributed by atoms with E-state index >= 15 is 0 Å². The molecular weight excluding hydrogens is 418 g/mol. The number of nitrogens with zero attached hydrogens (tertiary/aromatic N) is 1. The molecule has 1 aliphatic rings. The Bertz CT molecular complexity index is 1190. The maximum Gasteiger partial charge on any atom is 0.323 e. The number of carboxylic acids is 1. The zero-order valence-corrected chi connectivity index (χ0v) is 17.4. The highest BCUT2D eigenvalue weighted by atomic mass is 32.2. The van der Waals surface area contributed by atoms with Crippen molar-refractivity contribution < 1.29 is 19.4 Å². The molecular formula is C23H17NO4S2. The number of amides is 1. The highest BCUT2D eigenvalue weighted by molar-refractivity contribution is 8.26. The van der Waals surface area contributed by atoms with Gasteiger partial charge in [-0.25, -0.2) is 0 Å². The summed E-state index contributed by atoms with van der Waals surface area (Å²) in [5.74, 6) is -0.877. The number of fused-ring (bicyclic) bond motifs is 1. The number of para-hydroxylation sites is 1. The van der Waals surface area contributed by atoms with Gasteiger partial charge < -0.3 is 9.84 Å². The van der Waals surface area contributed by atoms with E-state index in [9.17, 15) is 9.59 Å². The van der Waals surface area contributed by atoms with Crippen LogP contribution in [0.3, 0.4) is 0 Å². The molecule has 0 aromatic heterocycles. The first-order valence-electron chi connectivity index (χ1n) is 9.18. The summed E-state index contributed by atoms with van der Waals surface area (Å²) < 4.78 is 6.27. The Morgan fingerprint density at radius 2 is 1.80 bits per heavy atom. The summed E-state index contributed by atoms with van der Waals surface area (Å²) in [6.07, 6.45) is 1.69. The van der Waals surface area contributed by atoms with Gasteiger partial charge in [-0.15, -0.1) is 0 Å². The van der Waals surface area contributed by atoms with Gasteiger partial charge in [-0.3, -0.25) is 14.5 Å². The van der Waals surface area contributed by atoms with Crippen molar-refractivity contribution in [2.75, 3.05) is 6.54 Å². The number of carbonyl (C=O) groups excluding carboxylic acids is 1. The maximum absolute atomic E-state index is 12.5. The Morgan fingerprint density at radius 3 is 2.60 bits per heavy atom. The summed E-state index contributed by atoms with van der Waals surface area (Å²) in [5.41, 5.74) is 1.77. The van der Waals surface area contributed by atoms with E-state index < -0.39 is 18.4 Å². The quantitative estimate of drug-likeness (QED) is 0.447. The van der Waals surface area contributed by atoms with Gasteiger partial charge in [-0.05, 0) is 34.5 Å². The fourth-order valence-electron chi connectivity index (χ4n) is 3.13. The minimum Gasteiger partial charge on any atom is -0.488 e. The molecule has 1 aliphatic heterocycles. The third kappa shape index (κ3) is 4.37. The average molecular weight is 436 g/mol. The molecule has 1 N–H and O–H groups in total. The number of hydrogen-bond donors (Lipinski definition) is 1. The molecule has 1 fully saturated rings. The summed E-state index contributed by atoms with van der Waals surface area (Å²) in [5, 5.41) is 11.3. The molecule has 3 aromatic carbocycles. The molecule has 0 aliphatic carbocycles. The molecule has 0 saturated carbocycles. The van der Waals surface area contributed by atoms with E-state index in [1.165, 1.54) is 5.39 Å². The number of ether oxygens (including phenoxy) is 1. The van der Waals surface area contributed by atoms with E-state index in [2.05, 4.69) is 24.3 Å². The van der Waals surface area contributed by atoms with Crippen LogP contribution < -0.4 is 4.74 Å². The van der Waals surface area contributed by atoms with Crippen LogP contribution in [0.1, 0.15) is 11.1 Å². The molecule has 4 rings (SSSR count). The molecule has 0 radical (unpaired) electrons. The standard InChI is InChI=1S/C23H17NO4S2/c25-21(26)13-24-22(27)20(30-23(24)29)12-18-7-3-4-8-19(18)28-14-15-9-10-16-5-1-2-6-17(16)11-15/h1-12H,13-14H2,(H,25,26). The van der Waals surface area contributed by atoms with Gasteiger partial charge in [0.1, 0.15) is 23.2 Å². The molecule has 0 bridgehead atoms. The lowest BCUT2D eigenvalue weighted by Gasteiger charge is -2.11. The second-order valence-corrected chi connectivity index (χ2v) is 8.35. The van der Waals surface area contributed by atoms with Gasteiger partial charge >= 0.3 is 5.97 Å². The minimum absolute atomic E-state index is 0.239. The number of hydrogen-bond acceptors (Lipinski definition) is 5. The molecule has 1 saturated heterocycles. The Balaban J connectivity index is 1.54. The summed E-state index contributed by atoms with van der Waals surface area (Å²) in [6.45, 7) is -0.0578. The molecule has 1 amide bonds. The lowest BCUT2D eigenvalue weighted by atomic mass is 10.1. The Kier molecular flexibility index (Phi) is 5.83. The van der Waals surface area contributed by atoms with Gasteiger partial charge in [0.15, 0.2) is 0 Å². The van der Waals surface area contributed by atoms with Gasteiger partial charge in [0.05, 0.1) is 4.91 Å². The highest BCUT2D eigenvalue weighted by Crippen LogP contribution is 2.34. The van der Waals surface area contributed by atoms with Crippen molar-refractivity contribution in [3.63, 3.8) is 0 Å². The predicted octanol–water partition coefficient (Wildman–Crippen LogP) is 4.70. The van der Waals surface area contributed by atoms with Crippen molar-refractivity contribution in [1.29, 1.82) is 0 Å². The molecule has 0 atom stereocenters. The number of thioether (sulfide) groups is 1. The van der Waals surface area contributed by atoms with Crippen molar-refractivity contribution >= 4 is 57.0 Å². The number of carboxylic acid groups (broad SMARTS) is 1.